The van der Waals surface area contributed by atoms with Crippen molar-refractivity contribution in [2.75, 3.05) is 0 Å². The lowest BCUT2D eigenvalue weighted by atomic mass is 9.49. The molecule has 0 aromatic carbocycles. The summed E-state index contributed by atoms with van der Waals surface area (Å²) < 4.78 is 6.52. The Morgan fingerprint density at radius 3 is 1.62 bits per heavy atom. The van der Waals surface area contributed by atoms with Crippen LogP contribution in [-0.2, 0) is 4.74 Å². The summed E-state index contributed by atoms with van der Waals surface area (Å²) in [4.78, 5) is 16.0. The summed E-state index contributed by atoms with van der Waals surface area (Å²) in [6.07, 6.45) is 19.6. The zero-order valence-electron chi connectivity index (χ0n) is 18.9. The Labute approximate surface area is 178 Å². The molecule has 6 fully saturated rings. The van der Waals surface area contributed by atoms with E-state index in [0.29, 0.717) is 18.0 Å². The molecule has 0 unspecified atom stereocenters. The van der Waals surface area contributed by atoms with Gasteiger partial charge in [0, 0.05) is 18.0 Å². The van der Waals surface area contributed by atoms with Crippen LogP contribution in [0.2, 0.25) is 0 Å². The van der Waals surface area contributed by atoms with Crippen LogP contribution in [0, 0.1) is 29.6 Å². The lowest BCUT2D eigenvalue weighted by Crippen LogP contribution is -2.56. The van der Waals surface area contributed by atoms with Gasteiger partial charge in [0.2, 0.25) is 0 Å². The number of hydrogen-bond donors (Lipinski definition) is 0. The zero-order chi connectivity index (χ0) is 20.0. The molecule has 6 saturated carbocycles. The average Bonchev–Trinajstić information content (AvgIpc) is 2.68. The molecule has 0 atom stereocenters. The summed E-state index contributed by atoms with van der Waals surface area (Å²) in [6.45, 7) is 4.50. The lowest BCUT2D eigenvalue weighted by molar-refractivity contribution is -0.136. The van der Waals surface area contributed by atoms with Gasteiger partial charge in [0.1, 0.15) is 5.60 Å². The van der Waals surface area contributed by atoms with Gasteiger partial charge in [0.15, 0.2) is 0 Å². The molecule has 164 valence electrons. The van der Waals surface area contributed by atoms with Gasteiger partial charge in [-0.25, -0.2) is 4.79 Å². The summed E-state index contributed by atoms with van der Waals surface area (Å²) in [7, 11) is 0. The van der Waals surface area contributed by atoms with E-state index in [9.17, 15) is 4.79 Å². The summed E-state index contributed by atoms with van der Waals surface area (Å²) >= 11 is 0. The second-order valence-corrected chi connectivity index (χ2v) is 11.9. The van der Waals surface area contributed by atoms with Gasteiger partial charge in [0.05, 0.1) is 0 Å². The Kier molecular flexibility index (Phi) is 5.62. The van der Waals surface area contributed by atoms with E-state index in [2.05, 4.69) is 18.7 Å². The van der Waals surface area contributed by atoms with Crippen LogP contribution in [0.3, 0.4) is 0 Å². The average molecular weight is 402 g/mol. The van der Waals surface area contributed by atoms with E-state index < -0.39 is 0 Å². The molecule has 1 amide bonds. The highest BCUT2D eigenvalue weighted by atomic mass is 16.6. The molecule has 4 bridgehead atoms. The maximum absolute atomic E-state index is 13.7. The van der Waals surface area contributed by atoms with E-state index in [-0.39, 0.29) is 11.7 Å². The van der Waals surface area contributed by atoms with Crippen LogP contribution in [0.5, 0.6) is 0 Å². The molecule has 0 saturated heterocycles. The topological polar surface area (TPSA) is 29.5 Å². The van der Waals surface area contributed by atoms with E-state index in [4.69, 9.17) is 4.74 Å². The minimum absolute atomic E-state index is 0.0302. The van der Waals surface area contributed by atoms with Crippen LogP contribution >= 0.6 is 0 Å². The third-order valence-corrected chi connectivity index (χ3v) is 9.53. The molecule has 3 nitrogen and oxygen atoms in total. The van der Waals surface area contributed by atoms with Crippen LogP contribution in [0.25, 0.3) is 0 Å². The molecular formula is C26H43NO2. The molecule has 6 aliphatic carbocycles. The number of carbonyl (C=O) groups excluding carboxylic acids is 1. The van der Waals surface area contributed by atoms with Gasteiger partial charge < -0.3 is 9.64 Å². The van der Waals surface area contributed by atoms with Crippen molar-refractivity contribution in [3.05, 3.63) is 0 Å². The Balaban J connectivity index is 1.32. The number of rotatable bonds is 4. The van der Waals surface area contributed by atoms with Crippen molar-refractivity contribution in [1.29, 1.82) is 0 Å². The van der Waals surface area contributed by atoms with Crippen LogP contribution in [0.4, 0.5) is 4.79 Å². The standard InChI is InChI=1S/C26H43NO2/c1-26(2,24-20-14-18-13-19(16-20)17-21(24)15-18)29-25(28)27(22-9-5-3-6-10-22)23-11-7-4-8-12-23/h18-24H,3-17H2,1-2H3. The molecule has 29 heavy (non-hydrogen) atoms. The molecule has 3 heteroatoms. The predicted octanol–water partition coefficient (Wildman–Crippen LogP) is 6.94. The van der Waals surface area contributed by atoms with Crippen molar-refractivity contribution in [3.63, 3.8) is 0 Å². The summed E-state index contributed by atoms with van der Waals surface area (Å²) in [6, 6.07) is 0.849. The van der Waals surface area contributed by atoms with Gasteiger partial charge in [-0.05, 0) is 95.3 Å². The quantitative estimate of drug-likeness (QED) is 0.510. The second kappa shape index (κ2) is 8.08. The van der Waals surface area contributed by atoms with Gasteiger partial charge in [-0.2, -0.15) is 0 Å². The lowest BCUT2D eigenvalue weighted by Gasteiger charge is -2.58. The fourth-order valence-electron chi connectivity index (χ4n) is 8.72. The van der Waals surface area contributed by atoms with Crippen molar-refractivity contribution in [3.8, 4) is 0 Å². The first-order valence-corrected chi connectivity index (χ1v) is 13.0. The van der Waals surface area contributed by atoms with Gasteiger partial charge >= 0.3 is 6.09 Å². The number of carbonyl (C=O) groups is 1. The molecule has 0 radical (unpaired) electrons. The Morgan fingerprint density at radius 1 is 0.724 bits per heavy atom. The monoisotopic (exact) mass is 401 g/mol. The minimum atomic E-state index is -0.318. The molecular weight excluding hydrogens is 358 g/mol. The van der Waals surface area contributed by atoms with Crippen LogP contribution < -0.4 is 0 Å². The van der Waals surface area contributed by atoms with Crippen LogP contribution in [-0.4, -0.2) is 28.7 Å². The maximum Gasteiger partial charge on any atom is 0.410 e. The molecule has 0 aromatic rings. The summed E-state index contributed by atoms with van der Waals surface area (Å²) in [5.41, 5.74) is -0.318. The Hall–Kier alpha value is -0.730. The Bertz CT molecular complexity index is 542. The summed E-state index contributed by atoms with van der Waals surface area (Å²) in [5, 5.41) is 0. The van der Waals surface area contributed by atoms with E-state index in [1.807, 2.05) is 0 Å². The number of ether oxygens (including phenoxy) is 1. The fraction of sp³-hybridized carbons (Fsp3) is 0.962. The number of amides is 1. The van der Waals surface area contributed by atoms with Crippen molar-refractivity contribution < 1.29 is 9.53 Å². The van der Waals surface area contributed by atoms with Crippen molar-refractivity contribution in [2.24, 2.45) is 29.6 Å². The fourth-order valence-corrected chi connectivity index (χ4v) is 8.72. The SMILES string of the molecule is CC(C)(OC(=O)N(C1CCCCC1)C1CCCCC1)C1C2CC3CC(C2)CC1C3. The first kappa shape index (κ1) is 20.2. The normalized spacial score (nSPS) is 38.2. The highest BCUT2D eigenvalue weighted by molar-refractivity contribution is 5.69. The first-order valence-electron chi connectivity index (χ1n) is 13.0. The zero-order valence-corrected chi connectivity index (χ0v) is 18.9. The first-order chi connectivity index (χ1) is 14.0. The Morgan fingerprint density at radius 2 is 1.17 bits per heavy atom. The van der Waals surface area contributed by atoms with Crippen LogP contribution in [0.1, 0.15) is 110 Å². The molecule has 6 aliphatic rings. The minimum Gasteiger partial charge on any atom is -0.443 e. The van der Waals surface area contributed by atoms with Crippen LogP contribution in [0.15, 0.2) is 0 Å². The number of hydrogen-bond acceptors (Lipinski definition) is 2. The van der Waals surface area contributed by atoms with Crippen molar-refractivity contribution >= 4 is 6.09 Å². The van der Waals surface area contributed by atoms with Crippen molar-refractivity contribution in [2.45, 2.75) is 128 Å². The van der Waals surface area contributed by atoms with Crippen molar-refractivity contribution in [1.82, 2.24) is 4.90 Å². The second-order valence-electron chi connectivity index (χ2n) is 11.9. The maximum atomic E-state index is 13.7. The van der Waals surface area contributed by atoms with Gasteiger partial charge in [-0.3, -0.25) is 0 Å². The van der Waals surface area contributed by atoms with E-state index in [1.54, 1.807) is 0 Å². The predicted molar refractivity (Wildman–Crippen MR) is 117 cm³/mol. The van der Waals surface area contributed by atoms with Gasteiger partial charge in [-0.1, -0.05) is 38.5 Å². The van der Waals surface area contributed by atoms with Gasteiger partial charge in [0.25, 0.3) is 0 Å². The molecule has 0 aromatic heterocycles. The van der Waals surface area contributed by atoms with E-state index >= 15 is 0 Å². The number of nitrogens with zero attached hydrogens (tertiary/aromatic N) is 1. The third kappa shape index (κ3) is 3.97. The largest absolute Gasteiger partial charge is 0.443 e. The smallest absolute Gasteiger partial charge is 0.410 e. The molecule has 0 N–H and O–H groups in total. The van der Waals surface area contributed by atoms with E-state index in [1.165, 1.54) is 96.3 Å². The summed E-state index contributed by atoms with van der Waals surface area (Å²) in [5.74, 6) is 4.12. The highest BCUT2D eigenvalue weighted by Crippen LogP contribution is 2.59. The highest BCUT2D eigenvalue weighted by Gasteiger charge is 2.54. The third-order valence-electron chi connectivity index (χ3n) is 9.53. The molecule has 0 aliphatic heterocycles. The molecule has 0 heterocycles. The molecule has 0 spiro atoms. The van der Waals surface area contributed by atoms with E-state index in [0.717, 1.165) is 23.7 Å². The van der Waals surface area contributed by atoms with Gasteiger partial charge in [-0.15, -0.1) is 0 Å². The molecule has 6 rings (SSSR count).